The molecule has 6 nitrogen and oxygen atoms in total. The Labute approximate surface area is 130 Å². The zero-order valence-electron chi connectivity index (χ0n) is 11.5. The van der Waals surface area contributed by atoms with Crippen LogP contribution in [0.1, 0.15) is 23.6 Å². The molecule has 1 aromatic heterocycles. The van der Waals surface area contributed by atoms with Crippen molar-refractivity contribution in [3.05, 3.63) is 40.1 Å². The smallest absolute Gasteiger partial charge is 0.311 e. The standard InChI is InChI=1S/C14H15BrN4O2/c1-18-16-7-10(17-18)8-19-5-4-11(14(20)21)12-6-9(15)2-3-13(12)19/h2-3,6-7,11H,4-5,8H2,1H3,(H,20,21). The summed E-state index contributed by atoms with van der Waals surface area (Å²) in [7, 11) is 1.78. The highest BCUT2D eigenvalue weighted by Crippen LogP contribution is 2.37. The van der Waals surface area contributed by atoms with Gasteiger partial charge in [-0.1, -0.05) is 15.9 Å². The predicted octanol–water partition coefficient (Wildman–Crippen LogP) is 2.16. The summed E-state index contributed by atoms with van der Waals surface area (Å²) < 4.78 is 0.897. The number of aromatic nitrogens is 3. The normalized spacial score (nSPS) is 17.6. The van der Waals surface area contributed by atoms with E-state index in [4.69, 9.17) is 0 Å². The molecule has 3 rings (SSSR count). The summed E-state index contributed by atoms with van der Waals surface area (Å²) in [5, 5.41) is 17.8. The fourth-order valence-electron chi connectivity index (χ4n) is 2.73. The maximum atomic E-state index is 11.4. The van der Waals surface area contributed by atoms with E-state index < -0.39 is 11.9 Å². The van der Waals surface area contributed by atoms with Crippen LogP contribution in [0.25, 0.3) is 0 Å². The van der Waals surface area contributed by atoms with Crippen molar-refractivity contribution in [3.8, 4) is 0 Å². The molecule has 0 saturated heterocycles. The predicted molar refractivity (Wildman–Crippen MR) is 81.2 cm³/mol. The van der Waals surface area contributed by atoms with Gasteiger partial charge in [-0.3, -0.25) is 4.79 Å². The van der Waals surface area contributed by atoms with Crippen molar-refractivity contribution in [2.24, 2.45) is 7.05 Å². The van der Waals surface area contributed by atoms with Gasteiger partial charge in [-0.2, -0.15) is 15.0 Å². The maximum absolute atomic E-state index is 11.4. The van der Waals surface area contributed by atoms with Gasteiger partial charge in [0.2, 0.25) is 0 Å². The van der Waals surface area contributed by atoms with Crippen LogP contribution in [0.5, 0.6) is 0 Å². The van der Waals surface area contributed by atoms with E-state index in [2.05, 4.69) is 31.0 Å². The number of hydrogen-bond acceptors (Lipinski definition) is 4. The number of hydrogen-bond donors (Lipinski definition) is 1. The van der Waals surface area contributed by atoms with Crippen LogP contribution in [0.3, 0.4) is 0 Å². The van der Waals surface area contributed by atoms with Crippen molar-refractivity contribution in [1.29, 1.82) is 0 Å². The molecule has 1 unspecified atom stereocenters. The zero-order chi connectivity index (χ0) is 15.0. The molecule has 2 heterocycles. The number of carbonyl (C=O) groups is 1. The van der Waals surface area contributed by atoms with Gasteiger partial charge in [0.15, 0.2) is 0 Å². The minimum absolute atomic E-state index is 0.449. The highest BCUT2D eigenvalue weighted by atomic mass is 79.9. The minimum Gasteiger partial charge on any atom is -0.481 e. The van der Waals surface area contributed by atoms with Crippen molar-refractivity contribution in [3.63, 3.8) is 0 Å². The number of carboxylic acids is 1. The third-order valence-electron chi connectivity index (χ3n) is 3.69. The summed E-state index contributed by atoms with van der Waals surface area (Å²) in [4.78, 5) is 15.1. The van der Waals surface area contributed by atoms with Gasteiger partial charge in [-0.15, -0.1) is 0 Å². The Bertz CT molecular complexity index is 685. The summed E-state index contributed by atoms with van der Waals surface area (Å²) in [5.41, 5.74) is 2.69. The van der Waals surface area contributed by atoms with Gasteiger partial charge in [0.25, 0.3) is 0 Å². The molecule has 0 aliphatic carbocycles. The van der Waals surface area contributed by atoms with Gasteiger partial charge in [0.05, 0.1) is 18.7 Å². The highest BCUT2D eigenvalue weighted by Gasteiger charge is 2.30. The van der Waals surface area contributed by atoms with E-state index in [1.165, 1.54) is 4.80 Å². The lowest BCUT2D eigenvalue weighted by atomic mass is 9.90. The molecule has 1 atom stereocenters. The van der Waals surface area contributed by atoms with E-state index in [-0.39, 0.29) is 0 Å². The Morgan fingerprint density at radius 3 is 3.00 bits per heavy atom. The van der Waals surface area contributed by atoms with Gasteiger partial charge in [-0.05, 0) is 30.2 Å². The molecule has 0 amide bonds. The van der Waals surface area contributed by atoms with Gasteiger partial charge >= 0.3 is 5.97 Å². The van der Waals surface area contributed by atoms with Crippen LogP contribution in [0.15, 0.2) is 28.9 Å². The second-order valence-corrected chi connectivity index (χ2v) is 6.05. The molecular formula is C14H15BrN4O2. The Hall–Kier alpha value is -1.89. The quantitative estimate of drug-likeness (QED) is 0.918. The van der Waals surface area contributed by atoms with Gasteiger partial charge in [-0.25, -0.2) is 0 Å². The molecule has 1 aliphatic rings. The second kappa shape index (κ2) is 5.48. The number of fused-ring (bicyclic) bond motifs is 1. The monoisotopic (exact) mass is 350 g/mol. The lowest BCUT2D eigenvalue weighted by Gasteiger charge is -2.33. The number of carboxylic acid groups (broad SMARTS) is 1. The number of nitrogens with zero attached hydrogens (tertiary/aromatic N) is 4. The third-order valence-corrected chi connectivity index (χ3v) is 4.18. The second-order valence-electron chi connectivity index (χ2n) is 5.13. The molecular weight excluding hydrogens is 336 g/mol. The molecule has 0 saturated carbocycles. The lowest BCUT2D eigenvalue weighted by Crippen LogP contribution is -2.33. The highest BCUT2D eigenvalue weighted by molar-refractivity contribution is 9.10. The van der Waals surface area contributed by atoms with Crippen LogP contribution in [0, 0.1) is 0 Å². The Kier molecular flexibility index (Phi) is 3.67. The van der Waals surface area contributed by atoms with E-state index in [0.717, 1.165) is 21.4 Å². The van der Waals surface area contributed by atoms with Crippen molar-refractivity contribution in [1.82, 2.24) is 15.0 Å². The largest absolute Gasteiger partial charge is 0.481 e. The molecule has 1 aliphatic heterocycles. The summed E-state index contributed by atoms with van der Waals surface area (Å²) in [6.07, 6.45) is 2.33. The van der Waals surface area contributed by atoms with Crippen LogP contribution < -0.4 is 4.90 Å². The molecule has 0 radical (unpaired) electrons. The number of aryl methyl sites for hydroxylation is 1. The van der Waals surface area contributed by atoms with Crippen LogP contribution in [-0.2, 0) is 18.4 Å². The van der Waals surface area contributed by atoms with Gasteiger partial charge in [0, 0.05) is 23.8 Å². The topological polar surface area (TPSA) is 71.2 Å². The van der Waals surface area contributed by atoms with Crippen molar-refractivity contribution >= 4 is 27.6 Å². The lowest BCUT2D eigenvalue weighted by molar-refractivity contribution is -0.139. The summed E-state index contributed by atoms with van der Waals surface area (Å²) in [6.45, 7) is 1.33. The number of benzene rings is 1. The number of halogens is 1. The fraction of sp³-hybridized carbons (Fsp3) is 0.357. The molecule has 2 aromatic rings. The molecule has 110 valence electrons. The van der Waals surface area contributed by atoms with Crippen LogP contribution in [0.2, 0.25) is 0 Å². The molecule has 1 N–H and O–H groups in total. The van der Waals surface area contributed by atoms with Crippen LogP contribution in [-0.4, -0.2) is 32.6 Å². The summed E-state index contributed by atoms with van der Waals surface area (Å²) >= 11 is 3.42. The maximum Gasteiger partial charge on any atom is 0.311 e. The van der Waals surface area contributed by atoms with Crippen molar-refractivity contribution in [2.75, 3.05) is 11.4 Å². The van der Waals surface area contributed by atoms with E-state index in [9.17, 15) is 9.90 Å². The molecule has 7 heteroatoms. The van der Waals surface area contributed by atoms with Gasteiger partial charge < -0.3 is 10.0 Å². The Morgan fingerprint density at radius 2 is 2.33 bits per heavy atom. The van der Waals surface area contributed by atoms with E-state index in [1.807, 2.05) is 18.2 Å². The molecule has 0 bridgehead atoms. The zero-order valence-corrected chi connectivity index (χ0v) is 13.1. The first-order chi connectivity index (χ1) is 10.0. The number of anilines is 1. The minimum atomic E-state index is -0.770. The first kappa shape index (κ1) is 14.1. The molecule has 1 aromatic carbocycles. The van der Waals surface area contributed by atoms with E-state index in [0.29, 0.717) is 19.5 Å². The van der Waals surface area contributed by atoms with Crippen molar-refractivity contribution in [2.45, 2.75) is 18.9 Å². The van der Waals surface area contributed by atoms with Crippen LogP contribution >= 0.6 is 15.9 Å². The molecule has 0 spiro atoms. The number of rotatable bonds is 3. The van der Waals surface area contributed by atoms with Gasteiger partial charge in [0.1, 0.15) is 5.69 Å². The van der Waals surface area contributed by atoms with Crippen LogP contribution in [0.4, 0.5) is 5.69 Å². The summed E-state index contributed by atoms with van der Waals surface area (Å²) in [5.74, 6) is -1.22. The van der Waals surface area contributed by atoms with E-state index >= 15 is 0 Å². The molecule has 0 fully saturated rings. The average Bonchev–Trinajstić information content (AvgIpc) is 2.83. The van der Waals surface area contributed by atoms with E-state index in [1.54, 1.807) is 13.2 Å². The average molecular weight is 351 g/mol. The SMILES string of the molecule is Cn1ncc(CN2CCC(C(=O)O)c3cc(Br)ccc32)n1. The fourth-order valence-corrected chi connectivity index (χ4v) is 3.11. The third kappa shape index (κ3) is 2.78. The Balaban J connectivity index is 1.94. The first-order valence-electron chi connectivity index (χ1n) is 6.67. The Morgan fingerprint density at radius 1 is 1.52 bits per heavy atom. The first-order valence-corrected chi connectivity index (χ1v) is 7.46. The summed E-state index contributed by atoms with van der Waals surface area (Å²) in [6, 6.07) is 5.80. The number of aliphatic carboxylic acids is 1. The van der Waals surface area contributed by atoms with Crippen molar-refractivity contribution < 1.29 is 9.90 Å². The molecule has 21 heavy (non-hydrogen) atoms.